The first-order valence-electron chi connectivity index (χ1n) is 6.50. The summed E-state index contributed by atoms with van der Waals surface area (Å²) in [5.74, 6) is 0. The van der Waals surface area contributed by atoms with E-state index in [0.29, 0.717) is 6.61 Å². The Bertz CT molecular complexity index is 563. The van der Waals surface area contributed by atoms with Gasteiger partial charge in [0.05, 0.1) is 41.0 Å². The first kappa shape index (κ1) is 15.2. The van der Waals surface area contributed by atoms with Crippen molar-refractivity contribution in [3.8, 4) is 0 Å². The number of aromatic nitrogens is 4. The summed E-state index contributed by atoms with van der Waals surface area (Å²) in [5, 5.41) is 7.67. The maximum Gasteiger partial charge on any atom is 0.0953 e. The molecule has 6 nitrogen and oxygen atoms in total. The molecule has 0 amide bonds. The third-order valence-electron chi connectivity index (χ3n) is 3.07. The first-order valence-corrected chi connectivity index (χ1v) is 7.29. The van der Waals surface area contributed by atoms with Gasteiger partial charge in [0.15, 0.2) is 0 Å². The van der Waals surface area contributed by atoms with Crippen LogP contribution in [0.15, 0.2) is 17.0 Å². The molecule has 0 spiro atoms. The van der Waals surface area contributed by atoms with E-state index in [0.717, 1.165) is 41.2 Å². The molecule has 0 aliphatic heterocycles. The highest BCUT2D eigenvalue weighted by atomic mass is 79.9. The van der Waals surface area contributed by atoms with Gasteiger partial charge in [-0.25, -0.2) is 4.98 Å². The van der Waals surface area contributed by atoms with Crippen molar-refractivity contribution in [1.82, 2.24) is 24.6 Å². The minimum atomic E-state index is 0.710. The largest absolute Gasteiger partial charge is 0.383 e. The maximum absolute atomic E-state index is 4.99. The van der Waals surface area contributed by atoms with Crippen molar-refractivity contribution in [3.05, 3.63) is 34.1 Å². The molecule has 0 aliphatic carbocycles. The van der Waals surface area contributed by atoms with Crippen molar-refractivity contribution < 1.29 is 4.74 Å². The number of nitrogens with one attached hydrogen (secondary N) is 1. The molecule has 2 aromatic heterocycles. The monoisotopic (exact) mass is 341 g/mol. The lowest BCUT2D eigenvalue weighted by molar-refractivity contribution is 0.199. The standard InChI is InChI=1S/C13H20BrN5O/c1-10-13(14)12(18(2)17-10)8-19-7-11(16-9-19)6-15-4-5-20-3/h7,9,15H,4-6,8H2,1-3H3. The van der Waals surface area contributed by atoms with Gasteiger partial charge in [-0.05, 0) is 22.9 Å². The molecule has 0 unspecified atom stereocenters. The number of nitrogens with zero attached hydrogens (tertiary/aromatic N) is 4. The molecule has 0 saturated carbocycles. The summed E-state index contributed by atoms with van der Waals surface area (Å²) in [6, 6.07) is 0. The summed E-state index contributed by atoms with van der Waals surface area (Å²) in [4.78, 5) is 4.39. The maximum atomic E-state index is 4.99. The lowest BCUT2D eigenvalue weighted by Gasteiger charge is -2.04. The number of rotatable bonds is 7. The molecule has 0 aromatic carbocycles. The molecule has 0 saturated heterocycles. The fraction of sp³-hybridized carbons (Fsp3) is 0.538. The van der Waals surface area contributed by atoms with Crippen LogP contribution in [0.5, 0.6) is 0 Å². The van der Waals surface area contributed by atoms with Crippen LogP contribution in [-0.2, 0) is 24.9 Å². The highest BCUT2D eigenvalue weighted by molar-refractivity contribution is 9.10. The Morgan fingerprint density at radius 1 is 1.45 bits per heavy atom. The molecular weight excluding hydrogens is 322 g/mol. The number of halogens is 1. The van der Waals surface area contributed by atoms with E-state index in [2.05, 4.69) is 42.1 Å². The third-order valence-corrected chi connectivity index (χ3v) is 4.10. The van der Waals surface area contributed by atoms with E-state index in [-0.39, 0.29) is 0 Å². The molecular formula is C13H20BrN5O. The molecule has 2 rings (SSSR count). The van der Waals surface area contributed by atoms with Crippen LogP contribution in [0.4, 0.5) is 0 Å². The molecule has 110 valence electrons. The number of hydrogen-bond donors (Lipinski definition) is 1. The summed E-state index contributed by atoms with van der Waals surface area (Å²) < 4.78 is 10.0. The van der Waals surface area contributed by atoms with E-state index in [4.69, 9.17) is 4.74 Å². The van der Waals surface area contributed by atoms with E-state index in [1.165, 1.54) is 0 Å². The highest BCUT2D eigenvalue weighted by Gasteiger charge is 2.11. The molecule has 2 heterocycles. The summed E-state index contributed by atoms with van der Waals surface area (Å²) in [6.07, 6.45) is 3.90. The lowest BCUT2D eigenvalue weighted by atomic mass is 10.3. The quantitative estimate of drug-likeness (QED) is 0.775. The van der Waals surface area contributed by atoms with E-state index >= 15 is 0 Å². The van der Waals surface area contributed by atoms with Crippen molar-refractivity contribution in [1.29, 1.82) is 0 Å². The van der Waals surface area contributed by atoms with Gasteiger partial charge in [-0.2, -0.15) is 5.10 Å². The van der Waals surface area contributed by atoms with Crippen molar-refractivity contribution in [2.45, 2.75) is 20.0 Å². The summed E-state index contributed by atoms with van der Waals surface area (Å²) in [7, 11) is 3.65. The van der Waals surface area contributed by atoms with Gasteiger partial charge in [0.25, 0.3) is 0 Å². The van der Waals surface area contributed by atoms with Gasteiger partial charge in [0.1, 0.15) is 0 Å². The smallest absolute Gasteiger partial charge is 0.0953 e. The minimum Gasteiger partial charge on any atom is -0.383 e. The molecule has 0 fully saturated rings. The Balaban J connectivity index is 1.95. The molecule has 20 heavy (non-hydrogen) atoms. The van der Waals surface area contributed by atoms with Crippen LogP contribution in [0.3, 0.4) is 0 Å². The Labute approximate surface area is 127 Å². The topological polar surface area (TPSA) is 56.9 Å². The van der Waals surface area contributed by atoms with Gasteiger partial charge < -0.3 is 14.6 Å². The molecule has 0 bridgehead atoms. The van der Waals surface area contributed by atoms with E-state index < -0.39 is 0 Å². The van der Waals surface area contributed by atoms with Gasteiger partial charge in [0, 0.05) is 33.4 Å². The average molecular weight is 342 g/mol. The third kappa shape index (κ3) is 3.68. The number of imidazole rings is 1. The number of hydrogen-bond acceptors (Lipinski definition) is 4. The number of methoxy groups -OCH3 is 1. The number of aryl methyl sites for hydroxylation is 2. The zero-order valence-corrected chi connectivity index (χ0v) is 13.6. The van der Waals surface area contributed by atoms with Crippen LogP contribution >= 0.6 is 15.9 Å². The van der Waals surface area contributed by atoms with Crippen LogP contribution in [-0.4, -0.2) is 39.6 Å². The molecule has 0 atom stereocenters. The van der Waals surface area contributed by atoms with Crippen LogP contribution in [0.2, 0.25) is 0 Å². The van der Waals surface area contributed by atoms with Gasteiger partial charge in [0.2, 0.25) is 0 Å². The fourth-order valence-electron chi connectivity index (χ4n) is 2.00. The second-order valence-corrected chi connectivity index (χ2v) is 5.47. The van der Waals surface area contributed by atoms with E-state index in [1.54, 1.807) is 7.11 Å². The second kappa shape index (κ2) is 7.01. The SMILES string of the molecule is COCCNCc1cn(Cc2c(Br)c(C)nn2C)cn1. The Hall–Kier alpha value is -1.18. The summed E-state index contributed by atoms with van der Waals surface area (Å²) >= 11 is 3.58. The van der Waals surface area contributed by atoms with E-state index in [9.17, 15) is 0 Å². The fourth-order valence-corrected chi connectivity index (χ4v) is 2.46. The Kier molecular flexibility index (Phi) is 5.33. The second-order valence-electron chi connectivity index (χ2n) is 4.68. The zero-order chi connectivity index (χ0) is 14.5. The summed E-state index contributed by atoms with van der Waals surface area (Å²) in [5.41, 5.74) is 3.17. The van der Waals surface area contributed by atoms with Crippen LogP contribution in [0, 0.1) is 6.92 Å². The van der Waals surface area contributed by atoms with Crippen molar-refractivity contribution in [3.63, 3.8) is 0 Å². The predicted octanol–water partition coefficient (Wildman–Crippen LogP) is 1.47. The first-order chi connectivity index (χ1) is 9.61. The van der Waals surface area contributed by atoms with Crippen molar-refractivity contribution >= 4 is 15.9 Å². The Morgan fingerprint density at radius 2 is 2.25 bits per heavy atom. The highest BCUT2D eigenvalue weighted by Crippen LogP contribution is 2.21. The predicted molar refractivity (Wildman–Crippen MR) is 80.6 cm³/mol. The van der Waals surface area contributed by atoms with Crippen molar-refractivity contribution in [2.75, 3.05) is 20.3 Å². The molecule has 0 radical (unpaired) electrons. The van der Waals surface area contributed by atoms with E-state index in [1.807, 2.05) is 25.0 Å². The average Bonchev–Trinajstić information content (AvgIpc) is 2.96. The van der Waals surface area contributed by atoms with Crippen LogP contribution in [0.25, 0.3) is 0 Å². The normalized spacial score (nSPS) is 11.2. The van der Waals surface area contributed by atoms with Gasteiger partial charge in [-0.1, -0.05) is 0 Å². The zero-order valence-electron chi connectivity index (χ0n) is 12.1. The molecule has 7 heteroatoms. The van der Waals surface area contributed by atoms with Crippen molar-refractivity contribution in [2.24, 2.45) is 7.05 Å². The lowest BCUT2D eigenvalue weighted by Crippen LogP contribution is -2.18. The molecule has 1 N–H and O–H groups in total. The van der Waals surface area contributed by atoms with Crippen LogP contribution in [0.1, 0.15) is 17.1 Å². The van der Waals surface area contributed by atoms with Gasteiger partial charge >= 0.3 is 0 Å². The summed E-state index contributed by atoms with van der Waals surface area (Å²) in [6.45, 7) is 5.04. The van der Waals surface area contributed by atoms with Gasteiger partial charge in [-0.15, -0.1) is 0 Å². The molecule has 0 aliphatic rings. The molecule has 2 aromatic rings. The Morgan fingerprint density at radius 3 is 2.90 bits per heavy atom. The van der Waals surface area contributed by atoms with Crippen LogP contribution < -0.4 is 5.32 Å². The minimum absolute atomic E-state index is 0.710. The number of ether oxygens (including phenoxy) is 1. The van der Waals surface area contributed by atoms with Gasteiger partial charge in [-0.3, -0.25) is 4.68 Å².